The average Bonchev–Trinajstić information content (AvgIpc) is 2.82. The molecule has 0 saturated heterocycles. The molecule has 0 heterocycles. The lowest BCUT2D eigenvalue weighted by atomic mass is 9.99. The summed E-state index contributed by atoms with van der Waals surface area (Å²) >= 11 is 1.58. The maximum Gasteiger partial charge on any atom is 0.407 e. The standard InChI is InChI=1S/C25H32N2O6S/c1-16(2)13-21(24(30)31)26-23(29)22(28)20(14-17-9-11-19(34-3)12-10-17)27-25(32)33-15-18-7-5-4-6-8-18/h4-12,16,20-22,28H,13-15H2,1-3H3,(H,26,29)(H,27,32)(H,30,31)/t20-,21+,22+/m1/s1. The van der Waals surface area contributed by atoms with Crippen molar-refractivity contribution in [1.82, 2.24) is 10.6 Å². The van der Waals surface area contributed by atoms with Gasteiger partial charge >= 0.3 is 12.1 Å². The molecule has 0 aliphatic rings. The van der Waals surface area contributed by atoms with Crippen LogP contribution in [0.5, 0.6) is 0 Å². The summed E-state index contributed by atoms with van der Waals surface area (Å²) in [5.74, 6) is -2.04. The van der Waals surface area contributed by atoms with Crippen molar-refractivity contribution < 1.29 is 29.3 Å². The number of thioether (sulfide) groups is 1. The molecule has 0 aliphatic carbocycles. The molecular formula is C25H32N2O6S. The van der Waals surface area contributed by atoms with Crippen molar-refractivity contribution >= 4 is 29.7 Å². The predicted octanol–water partition coefficient (Wildman–Crippen LogP) is 3.22. The molecular weight excluding hydrogens is 456 g/mol. The Kier molecular flexibility index (Phi) is 10.9. The van der Waals surface area contributed by atoms with Gasteiger partial charge in [0.1, 0.15) is 12.6 Å². The third-order valence-corrected chi connectivity index (χ3v) is 5.85. The molecule has 0 spiro atoms. The predicted molar refractivity (Wildman–Crippen MR) is 131 cm³/mol. The van der Waals surface area contributed by atoms with E-state index in [9.17, 15) is 24.6 Å². The summed E-state index contributed by atoms with van der Waals surface area (Å²) in [5.41, 5.74) is 1.58. The molecule has 9 heteroatoms. The van der Waals surface area contributed by atoms with E-state index in [1.165, 1.54) is 0 Å². The number of carboxylic acids is 1. The zero-order chi connectivity index (χ0) is 25.1. The molecule has 3 atom stereocenters. The van der Waals surface area contributed by atoms with E-state index >= 15 is 0 Å². The summed E-state index contributed by atoms with van der Waals surface area (Å²) in [6, 6.07) is 14.4. The van der Waals surface area contributed by atoms with E-state index in [0.29, 0.717) is 0 Å². The van der Waals surface area contributed by atoms with Crippen molar-refractivity contribution in [2.45, 2.75) is 56.4 Å². The highest BCUT2D eigenvalue weighted by Gasteiger charge is 2.31. The number of amides is 2. The Morgan fingerprint density at radius 2 is 1.62 bits per heavy atom. The fourth-order valence-corrected chi connectivity index (χ4v) is 3.71. The highest BCUT2D eigenvalue weighted by atomic mass is 32.2. The van der Waals surface area contributed by atoms with Gasteiger partial charge in [0.15, 0.2) is 6.10 Å². The molecule has 34 heavy (non-hydrogen) atoms. The number of carboxylic acid groups (broad SMARTS) is 1. The third kappa shape index (κ3) is 9.07. The first-order valence-electron chi connectivity index (χ1n) is 11.0. The smallest absolute Gasteiger partial charge is 0.407 e. The summed E-state index contributed by atoms with van der Waals surface area (Å²) in [7, 11) is 0. The fraction of sp³-hybridized carbons (Fsp3) is 0.400. The van der Waals surface area contributed by atoms with Crippen molar-refractivity contribution in [3.05, 3.63) is 65.7 Å². The lowest BCUT2D eigenvalue weighted by Gasteiger charge is -2.25. The number of alkyl carbamates (subject to hydrolysis) is 1. The second-order valence-electron chi connectivity index (χ2n) is 8.34. The van der Waals surface area contributed by atoms with Crippen molar-refractivity contribution in [3.8, 4) is 0 Å². The van der Waals surface area contributed by atoms with Gasteiger partial charge in [-0.2, -0.15) is 0 Å². The van der Waals surface area contributed by atoms with Gasteiger partial charge in [0.05, 0.1) is 6.04 Å². The van der Waals surface area contributed by atoms with E-state index in [4.69, 9.17) is 4.74 Å². The molecule has 2 rings (SSSR count). The molecule has 184 valence electrons. The summed E-state index contributed by atoms with van der Waals surface area (Å²) in [5, 5.41) is 25.1. The highest BCUT2D eigenvalue weighted by molar-refractivity contribution is 7.98. The number of aliphatic carboxylic acids is 1. The van der Waals surface area contributed by atoms with E-state index < -0.39 is 36.2 Å². The molecule has 0 fully saturated rings. The van der Waals surface area contributed by atoms with Crippen LogP contribution in [0.2, 0.25) is 0 Å². The van der Waals surface area contributed by atoms with Crippen LogP contribution in [-0.2, 0) is 27.4 Å². The van der Waals surface area contributed by atoms with Crippen LogP contribution in [0.1, 0.15) is 31.4 Å². The Hall–Kier alpha value is -3.04. The summed E-state index contributed by atoms with van der Waals surface area (Å²) in [6.07, 6.45) is -0.171. The maximum atomic E-state index is 12.7. The molecule has 0 unspecified atom stereocenters. The Morgan fingerprint density at radius 1 is 0.971 bits per heavy atom. The molecule has 2 aromatic rings. The molecule has 4 N–H and O–H groups in total. The zero-order valence-corrected chi connectivity index (χ0v) is 20.4. The first-order valence-corrected chi connectivity index (χ1v) is 12.2. The SMILES string of the molecule is CSc1ccc(C[C@@H](NC(=O)OCc2ccccc2)[C@H](O)C(=O)N[C@@H](CC(C)C)C(=O)O)cc1. The molecule has 2 aromatic carbocycles. The van der Waals surface area contributed by atoms with Crippen LogP contribution in [0.3, 0.4) is 0 Å². The zero-order valence-electron chi connectivity index (χ0n) is 19.6. The van der Waals surface area contributed by atoms with E-state index in [0.717, 1.165) is 16.0 Å². The second kappa shape index (κ2) is 13.6. The highest BCUT2D eigenvalue weighted by Crippen LogP contribution is 2.17. The van der Waals surface area contributed by atoms with Gasteiger partial charge in [0.25, 0.3) is 5.91 Å². The summed E-state index contributed by atoms with van der Waals surface area (Å²) in [4.78, 5) is 37.7. The van der Waals surface area contributed by atoms with E-state index in [1.54, 1.807) is 23.9 Å². The number of aliphatic hydroxyl groups excluding tert-OH is 1. The van der Waals surface area contributed by atoms with Gasteiger partial charge in [0.2, 0.25) is 0 Å². The molecule has 0 saturated carbocycles. The van der Waals surface area contributed by atoms with Gasteiger partial charge in [-0.3, -0.25) is 4.79 Å². The minimum absolute atomic E-state index is 0.0235. The van der Waals surface area contributed by atoms with Gasteiger partial charge in [-0.1, -0.05) is 56.3 Å². The molecule has 0 aromatic heterocycles. The third-order valence-electron chi connectivity index (χ3n) is 5.10. The summed E-state index contributed by atoms with van der Waals surface area (Å²) < 4.78 is 5.24. The Balaban J connectivity index is 2.12. The number of rotatable bonds is 12. The summed E-state index contributed by atoms with van der Waals surface area (Å²) in [6.45, 7) is 3.70. The lowest BCUT2D eigenvalue weighted by molar-refractivity contribution is -0.144. The van der Waals surface area contributed by atoms with Gasteiger partial charge < -0.3 is 25.6 Å². The van der Waals surface area contributed by atoms with E-state index in [-0.39, 0.29) is 25.4 Å². The van der Waals surface area contributed by atoms with Crippen molar-refractivity contribution in [2.24, 2.45) is 5.92 Å². The van der Waals surface area contributed by atoms with Crippen LogP contribution >= 0.6 is 11.8 Å². The number of nitrogens with one attached hydrogen (secondary N) is 2. The minimum atomic E-state index is -1.68. The molecule has 0 aliphatic heterocycles. The van der Waals surface area contributed by atoms with Crippen molar-refractivity contribution in [2.75, 3.05) is 6.26 Å². The van der Waals surface area contributed by atoms with Crippen molar-refractivity contribution in [1.29, 1.82) is 0 Å². The largest absolute Gasteiger partial charge is 0.480 e. The van der Waals surface area contributed by atoms with Crippen LogP contribution in [0, 0.1) is 5.92 Å². The maximum absolute atomic E-state index is 12.7. The lowest BCUT2D eigenvalue weighted by Crippen LogP contribution is -2.54. The van der Waals surface area contributed by atoms with Crippen LogP contribution in [0.15, 0.2) is 59.5 Å². The quantitative estimate of drug-likeness (QED) is 0.338. The fourth-order valence-electron chi connectivity index (χ4n) is 3.31. The van der Waals surface area contributed by atoms with Crippen LogP contribution < -0.4 is 10.6 Å². The number of aliphatic hydroxyl groups is 1. The van der Waals surface area contributed by atoms with Gasteiger partial charge in [-0.05, 0) is 48.3 Å². The number of benzene rings is 2. The van der Waals surface area contributed by atoms with Crippen LogP contribution in [0.4, 0.5) is 4.79 Å². The topological polar surface area (TPSA) is 125 Å². The minimum Gasteiger partial charge on any atom is -0.480 e. The van der Waals surface area contributed by atoms with E-state index in [2.05, 4.69) is 10.6 Å². The van der Waals surface area contributed by atoms with Gasteiger partial charge in [0, 0.05) is 4.90 Å². The normalized spacial score (nSPS) is 13.6. The van der Waals surface area contributed by atoms with Crippen LogP contribution in [0.25, 0.3) is 0 Å². The molecule has 2 amide bonds. The number of hydrogen-bond acceptors (Lipinski definition) is 6. The van der Waals surface area contributed by atoms with Gasteiger partial charge in [-0.25, -0.2) is 9.59 Å². The molecule has 0 radical (unpaired) electrons. The number of carbonyl (C=O) groups excluding carboxylic acids is 2. The number of ether oxygens (including phenoxy) is 1. The number of carbonyl (C=O) groups is 3. The first-order chi connectivity index (χ1) is 16.2. The Labute approximate surface area is 204 Å². The van der Waals surface area contributed by atoms with Crippen molar-refractivity contribution in [3.63, 3.8) is 0 Å². The van der Waals surface area contributed by atoms with E-state index in [1.807, 2.05) is 62.6 Å². The van der Waals surface area contributed by atoms with Crippen LogP contribution in [-0.4, -0.2) is 52.6 Å². The molecule has 8 nitrogen and oxygen atoms in total. The second-order valence-corrected chi connectivity index (χ2v) is 9.22. The Morgan fingerprint density at radius 3 is 2.18 bits per heavy atom. The first kappa shape index (κ1) is 27.2. The number of hydrogen-bond donors (Lipinski definition) is 4. The average molecular weight is 489 g/mol. The monoisotopic (exact) mass is 488 g/mol. The molecule has 0 bridgehead atoms. The van der Waals surface area contributed by atoms with Gasteiger partial charge in [-0.15, -0.1) is 11.8 Å². The Bertz CT molecular complexity index is 936.